The number of nitrogens with two attached hydrogens (primary N) is 1. The van der Waals surface area contributed by atoms with Gasteiger partial charge in [0.25, 0.3) is 0 Å². The number of hydrogen-bond donors (Lipinski definition) is 3. The van der Waals surface area contributed by atoms with Crippen LogP contribution in [0.1, 0.15) is 12.1 Å². The number of imidazole rings is 1. The van der Waals surface area contributed by atoms with Crippen molar-refractivity contribution in [2.45, 2.75) is 12.8 Å². The molecule has 6 rings (SSSR count). The fraction of sp³-hybridized carbons (Fsp3) is 0.300. The average molecular weight is 608 g/mol. The van der Waals surface area contributed by atoms with Crippen molar-refractivity contribution in [3.05, 3.63) is 64.5 Å². The third-order valence-electron chi connectivity index (χ3n) is 7.49. The number of nitrogens with one attached hydrogen (secondary N) is 2. The van der Waals surface area contributed by atoms with E-state index in [1.54, 1.807) is 26.5 Å². The molecule has 2 aromatic carbocycles. The second-order valence-corrected chi connectivity index (χ2v) is 10.9. The van der Waals surface area contributed by atoms with Crippen molar-refractivity contribution in [3.8, 4) is 22.6 Å². The molecule has 0 radical (unpaired) electrons. The van der Waals surface area contributed by atoms with Gasteiger partial charge in [0.1, 0.15) is 17.1 Å². The Hall–Kier alpha value is -3.83. The highest BCUT2D eigenvalue weighted by Gasteiger charge is 2.23. The number of aromatic nitrogens is 4. The number of piperazine rings is 1. The minimum atomic E-state index is 0.367. The summed E-state index contributed by atoms with van der Waals surface area (Å²) in [6.07, 6.45) is 5.59. The first kappa shape index (κ1) is 28.3. The molecule has 0 saturated carbocycles. The van der Waals surface area contributed by atoms with Gasteiger partial charge < -0.3 is 30.7 Å². The van der Waals surface area contributed by atoms with Crippen LogP contribution < -0.4 is 25.8 Å². The largest absolute Gasteiger partial charge is 0.495 e. The van der Waals surface area contributed by atoms with Gasteiger partial charge in [-0.05, 0) is 37.6 Å². The molecule has 12 heteroatoms. The average Bonchev–Trinajstić information content (AvgIpc) is 3.44. The first-order chi connectivity index (χ1) is 20.5. The first-order valence-corrected chi connectivity index (χ1v) is 14.5. The van der Waals surface area contributed by atoms with Crippen molar-refractivity contribution in [1.29, 1.82) is 0 Å². The van der Waals surface area contributed by atoms with Crippen LogP contribution in [0.4, 0.5) is 17.3 Å². The third-order valence-corrected chi connectivity index (χ3v) is 8.24. The summed E-state index contributed by atoms with van der Waals surface area (Å²) in [5.74, 6) is 1.32. The van der Waals surface area contributed by atoms with E-state index in [4.69, 9.17) is 48.4 Å². The van der Waals surface area contributed by atoms with E-state index in [-0.39, 0.29) is 0 Å². The number of aryl methyl sites for hydroxylation is 1. The van der Waals surface area contributed by atoms with Gasteiger partial charge >= 0.3 is 0 Å². The molecule has 42 heavy (non-hydrogen) atoms. The molecule has 1 aliphatic heterocycles. The molecule has 1 saturated heterocycles. The molecule has 218 valence electrons. The number of halogens is 2. The highest BCUT2D eigenvalue weighted by molar-refractivity contribution is 6.41. The molecule has 1 aliphatic rings. The van der Waals surface area contributed by atoms with Gasteiger partial charge in [0.15, 0.2) is 5.65 Å². The van der Waals surface area contributed by atoms with Crippen LogP contribution in [-0.2, 0) is 6.42 Å². The topological polar surface area (TPSA) is 115 Å². The second kappa shape index (κ2) is 12.2. The van der Waals surface area contributed by atoms with E-state index in [1.807, 2.05) is 40.9 Å². The number of methoxy groups -OCH3 is 2. The number of fused-ring (bicyclic) bond motifs is 3. The highest BCUT2D eigenvalue weighted by atomic mass is 35.5. The fourth-order valence-corrected chi connectivity index (χ4v) is 6.02. The molecule has 3 aromatic heterocycles. The van der Waals surface area contributed by atoms with E-state index in [0.717, 1.165) is 67.9 Å². The fourth-order valence-electron chi connectivity index (χ4n) is 5.31. The Morgan fingerprint density at radius 2 is 1.74 bits per heavy atom. The van der Waals surface area contributed by atoms with Gasteiger partial charge in [0.2, 0.25) is 5.95 Å². The van der Waals surface area contributed by atoms with Crippen LogP contribution in [0.25, 0.3) is 27.8 Å². The summed E-state index contributed by atoms with van der Waals surface area (Å²) in [5, 5.41) is 8.16. The standard InChI is InChI=1S/C30H32Cl2N8O2/c1-41-23-15-24(42-2)27(32)25(26(23)31)20-14-18-16-35-30(37-22-8-4-3-7-21(22)33)38-28(18)40-17-19(36-29(20)40)6-5-11-39-12-9-34-10-13-39/h3-4,7-8,14-17,34H,5-6,9-13,33H2,1-2H3,(H,35,37,38). The number of ether oxygens (including phenoxy) is 2. The SMILES string of the molecule is COc1cc(OC)c(Cl)c(-c2cc3cnc(Nc4ccccc4N)nc3n3cc(CCCN4CCNCC4)nc23)c1Cl. The molecule has 0 unspecified atom stereocenters. The Bertz CT molecular complexity index is 1730. The summed E-state index contributed by atoms with van der Waals surface area (Å²) in [4.78, 5) is 17.0. The van der Waals surface area contributed by atoms with Gasteiger partial charge in [0.05, 0.1) is 41.3 Å². The monoisotopic (exact) mass is 606 g/mol. The van der Waals surface area contributed by atoms with Crippen molar-refractivity contribution >= 4 is 57.2 Å². The Labute approximate surface area is 253 Å². The predicted molar refractivity (Wildman–Crippen MR) is 169 cm³/mol. The summed E-state index contributed by atoms with van der Waals surface area (Å²) in [6, 6.07) is 11.1. The summed E-state index contributed by atoms with van der Waals surface area (Å²) in [7, 11) is 3.12. The number of nitrogen functional groups attached to an aromatic ring is 1. The molecule has 4 heterocycles. The van der Waals surface area contributed by atoms with E-state index < -0.39 is 0 Å². The van der Waals surface area contributed by atoms with E-state index in [0.29, 0.717) is 50.0 Å². The number of nitrogens with zero attached hydrogens (tertiary/aromatic N) is 5. The van der Waals surface area contributed by atoms with Gasteiger partial charge in [-0.15, -0.1) is 0 Å². The van der Waals surface area contributed by atoms with Gasteiger partial charge in [-0.25, -0.2) is 9.97 Å². The minimum absolute atomic E-state index is 0.367. The third kappa shape index (κ3) is 5.50. The van der Waals surface area contributed by atoms with Crippen LogP contribution in [0.5, 0.6) is 11.5 Å². The molecule has 0 aliphatic carbocycles. The number of hydrogen-bond acceptors (Lipinski definition) is 9. The molecule has 4 N–H and O–H groups in total. The zero-order valence-electron chi connectivity index (χ0n) is 23.5. The summed E-state index contributed by atoms with van der Waals surface area (Å²) in [5.41, 5.74) is 11.1. The van der Waals surface area contributed by atoms with Crippen LogP contribution in [0.15, 0.2) is 48.8 Å². The Morgan fingerprint density at radius 1 is 1.00 bits per heavy atom. The molecule has 10 nitrogen and oxygen atoms in total. The lowest BCUT2D eigenvalue weighted by Crippen LogP contribution is -2.43. The molecule has 0 spiro atoms. The van der Waals surface area contributed by atoms with Gasteiger partial charge in [-0.3, -0.25) is 4.40 Å². The minimum Gasteiger partial charge on any atom is -0.495 e. The molecule has 5 aromatic rings. The molecular formula is C30H32Cl2N8O2. The molecule has 1 fully saturated rings. The lowest BCUT2D eigenvalue weighted by Gasteiger charge is -2.26. The van der Waals surface area contributed by atoms with E-state index >= 15 is 0 Å². The number of para-hydroxylation sites is 2. The summed E-state index contributed by atoms with van der Waals surface area (Å²) >= 11 is 13.7. The quantitative estimate of drug-likeness (QED) is 0.189. The normalized spacial score (nSPS) is 14.0. The van der Waals surface area contributed by atoms with Crippen molar-refractivity contribution in [3.63, 3.8) is 0 Å². The van der Waals surface area contributed by atoms with Gasteiger partial charge in [-0.1, -0.05) is 35.3 Å². The van der Waals surface area contributed by atoms with Gasteiger partial charge in [0, 0.05) is 61.2 Å². The molecule has 0 amide bonds. The van der Waals surface area contributed by atoms with Crippen molar-refractivity contribution in [2.24, 2.45) is 0 Å². The maximum atomic E-state index is 6.87. The number of anilines is 3. The zero-order chi connectivity index (χ0) is 29.2. The second-order valence-electron chi connectivity index (χ2n) is 10.1. The van der Waals surface area contributed by atoms with E-state index in [2.05, 4.69) is 20.5 Å². The van der Waals surface area contributed by atoms with Crippen molar-refractivity contribution < 1.29 is 9.47 Å². The Morgan fingerprint density at radius 3 is 2.45 bits per heavy atom. The van der Waals surface area contributed by atoms with Crippen molar-refractivity contribution in [2.75, 3.05) is 58.0 Å². The number of pyridine rings is 1. The molecular weight excluding hydrogens is 575 g/mol. The van der Waals surface area contributed by atoms with Crippen LogP contribution in [-0.4, -0.2) is 71.2 Å². The number of benzene rings is 2. The van der Waals surface area contributed by atoms with Gasteiger partial charge in [-0.2, -0.15) is 4.98 Å². The van der Waals surface area contributed by atoms with Crippen LogP contribution in [0, 0.1) is 0 Å². The lowest BCUT2D eigenvalue weighted by atomic mass is 10.0. The van der Waals surface area contributed by atoms with Crippen LogP contribution in [0.2, 0.25) is 10.0 Å². The smallest absolute Gasteiger partial charge is 0.229 e. The maximum Gasteiger partial charge on any atom is 0.229 e. The Kier molecular flexibility index (Phi) is 8.21. The Balaban J connectivity index is 1.47. The van der Waals surface area contributed by atoms with E-state index in [1.165, 1.54) is 0 Å². The predicted octanol–water partition coefficient (Wildman–Crippen LogP) is 5.43. The number of rotatable bonds is 9. The maximum absolute atomic E-state index is 6.87. The summed E-state index contributed by atoms with van der Waals surface area (Å²) < 4.78 is 13.1. The zero-order valence-corrected chi connectivity index (χ0v) is 25.0. The van der Waals surface area contributed by atoms with Crippen LogP contribution in [0.3, 0.4) is 0 Å². The highest BCUT2D eigenvalue weighted by Crippen LogP contribution is 2.47. The first-order valence-electron chi connectivity index (χ1n) is 13.8. The van der Waals surface area contributed by atoms with Crippen molar-refractivity contribution in [1.82, 2.24) is 29.6 Å². The molecule has 0 atom stereocenters. The van der Waals surface area contributed by atoms with Crippen LogP contribution >= 0.6 is 23.2 Å². The van der Waals surface area contributed by atoms with E-state index in [9.17, 15) is 0 Å². The molecule has 0 bridgehead atoms. The lowest BCUT2D eigenvalue weighted by molar-refractivity contribution is 0.238. The summed E-state index contributed by atoms with van der Waals surface area (Å²) in [6.45, 7) is 5.20.